The van der Waals surface area contributed by atoms with E-state index >= 15 is 0 Å². The summed E-state index contributed by atoms with van der Waals surface area (Å²) in [6.45, 7) is -0.942. The maximum atomic E-state index is 13.0. The Bertz CT molecular complexity index is 1260. The second kappa shape index (κ2) is 14.2. The van der Waals surface area contributed by atoms with Crippen molar-refractivity contribution < 1.29 is 28.7 Å². The summed E-state index contributed by atoms with van der Waals surface area (Å²) >= 11 is 0. The second-order valence-electron chi connectivity index (χ2n) is 8.99. The van der Waals surface area contributed by atoms with Gasteiger partial charge in [0, 0.05) is 12.2 Å². The van der Waals surface area contributed by atoms with E-state index in [1.54, 1.807) is 0 Å². The van der Waals surface area contributed by atoms with Gasteiger partial charge < -0.3 is 9.47 Å². The van der Waals surface area contributed by atoms with E-state index in [0.29, 0.717) is 0 Å². The first-order valence-corrected chi connectivity index (χ1v) is 12.8. The highest BCUT2D eigenvalue weighted by atomic mass is 16.5. The third kappa shape index (κ3) is 7.71. The SMILES string of the molecule is O=C(/C=C/C(=O)OCC(=O)C(c1ccccc1)c1ccccc1)OCC(=O)C(c1ccccc1)c1ccccc1. The summed E-state index contributed by atoms with van der Waals surface area (Å²) < 4.78 is 10.2. The second-order valence-corrected chi connectivity index (χ2v) is 8.99. The lowest BCUT2D eigenvalue weighted by Gasteiger charge is -2.17. The van der Waals surface area contributed by atoms with Gasteiger partial charge in [-0.05, 0) is 22.3 Å². The van der Waals surface area contributed by atoms with Crippen molar-refractivity contribution in [2.75, 3.05) is 13.2 Å². The molecule has 4 aromatic carbocycles. The molecular weight excluding hydrogens is 504 g/mol. The standard InChI is InChI=1S/C34H28O6/c35-29(33(25-13-5-1-6-14-25)26-15-7-2-8-16-26)23-39-31(37)21-22-32(38)40-24-30(36)34(27-17-9-3-10-18-27)28-19-11-4-12-20-28/h1-22,33-34H,23-24H2/b22-21+. The number of rotatable bonds is 12. The molecule has 0 N–H and O–H groups in total. The molecule has 4 rings (SSSR count). The van der Waals surface area contributed by atoms with Crippen molar-refractivity contribution in [2.24, 2.45) is 0 Å². The molecule has 4 aromatic rings. The van der Waals surface area contributed by atoms with Crippen LogP contribution in [-0.2, 0) is 28.7 Å². The van der Waals surface area contributed by atoms with Gasteiger partial charge in [-0.25, -0.2) is 9.59 Å². The van der Waals surface area contributed by atoms with Gasteiger partial charge in [0.25, 0.3) is 0 Å². The van der Waals surface area contributed by atoms with Gasteiger partial charge in [0.05, 0.1) is 11.8 Å². The van der Waals surface area contributed by atoms with Gasteiger partial charge >= 0.3 is 11.9 Å². The summed E-state index contributed by atoms with van der Waals surface area (Å²) in [7, 11) is 0. The molecule has 0 amide bonds. The average Bonchev–Trinajstić information content (AvgIpc) is 3.00. The molecule has 0 aliphatic carbocycles. The van der Waals surface area contributed by atoms with Crippen molar-refractivity contribution in [3.05, 3.63) is 156 Å². The van der Waals surface area contributed by atoms with Crippen molar-refractivity contribution in [1.29, 1.82) is 0 Å². The minimum absolute atomic E-state index is 0.305. The average molecular weight is 533 g/mol. The third-order valence-corrected chi connectivity index (χ3v) is 6.24. The molecule has 0 atom stereocenters. The lowest BCUT2D eigenvalue weighted by atomic mass is 9.88. The Kier molecular flexibility index (Phi) is 9.89. The lowest BCUT2D eigenvalue weighted by molar-refractivity contribution is -0.145. The first-order valence-electron chi connectivity index (χ1n) is 12.8. The molecule has 0 saturated heterocycles. The van der Waals surface area contributed by atoms with Gasteiger partial charge in [-0.1, -0.05) is 121 Å². The van der Waals surface area contributed by atoms with Gasteiger partial charge in [0.1, 0.15) is 0 Å². The first kappa shape index (κ1) is 27.9. The van der Waals surface area contributed by atoms with Gasteiger partial charge in [-0.15, -0.1) is 0 Å². The summed E-state index contributed by atoms with van der Waals surface area (Å²) in [5.41, 5.74) is 3.12. The normalized spacial score (nSPS) is 10.9. The van der Waals surface area contributed by atoms with Gasteiger partial charge in [0.2, 0.25) is 0 Å². The highest BCUT2D eigenvalue weighted by molar-refractivity contribution is 5.96. The Morgan fingerprint density at radius 3 is 0.950 bits per heavy atom. The van der Waals surface area contributed by atoms with E-state index in [0.717, 1.165) is 34.4 Å². The Morgan fingerprint density at radius 1 is 0.450 bits per heavy atom. The predicted molar refractivity (Wildman–Crippen MR) is 151 cm³/mol. The van der Waals surface area contributed by atoms with Crippen LogP contribution in [0.3, 0.4) is 0 Å². The lowest BCUT2D eigenvalue weighted by Crippen LogP contribution is -2.22. The highest BCUT2D eigenvalue weighted by Gasteiger charge is 2.24. The van der Waals surface area contributed by atoms with Gasteiger partial charge in [-0.2, -0.15) is 0 Å². The molecule has 40 heavy (non-hydrogen) atoms. The fourth-order valence-corrected chi connectivity index (χ4v) is 4.39. The van der Waals surface area contributed by atoms with E-state index in [-0.39, 0.29) is 11.6 Å². The zero-order chi connectivity index (χ0) is 28.2. The van der Waals surface area contributed by atoms with Crippen molar-refractivity contribution in [1.82, 2.24) is 0 Å². The molecular formula is C34H28O6. The number of ether oxygens (including phenoxy) is 2. The van der Waals surface area contributed by atoms with Crippen LogP contribution in [0.4, 0.5) is 0 Å². The monoisotopic (exact) mass is 532 g/mol. The van der Waals surface area contributed by atoms with Crippen LogP contribution in [0.2, 0.25) is 0 Å². The van der Waals surface area contributed by atoms with Crippen molar-refractivity contribution in [3.8, 4) is 0 Å². The van der Waals surface area contributed by atoms with Crippen LogP contribution in [0.5, 0.6) is 0 Å². The molecule has 0 heterocycles. The summed E-state index contributed by atoms with van der Waals surface area (Å²) in [5, 5.41) is 0. The fraction of sp³-hybridized carbons (Fsp3) is 0.118. The number of ketones is 2. The van der Waals surface area contributed by atoms with Crippen LogP contribution >= 0.6 is 0 Å². The van der Waals surface area contributed by atoms with Crippen LogP contribution in [-0.4, -0.2) is 36.7 Å². The molecule has 6 heteroatoms. The number of hydrogen-bond acceptors (Lipinski definition) is 6. The Hall–Kier alpha value is -5.10. The highest BCUT2D eigenvalue weighted by Crippen LogP contribution is 2.26. The van der Waals surface area contributed by atoms with E-state index in [1.807, 2.05) is 121 Å². The number of benzene rings is 4. The summed E-state index contributed by atoms with van der Waals surface area (Å²) in [4.78, 5) is 50.5. The topological polar surface area (TPSA) is 86.7 Å². The molecule has 0 radical (unpaired) electrons. The van der Waals surface area contributed by atoms with Crippen LogP contribution in [0.25, 0.3) is 0 Å². The molecule has 200 valence electrons. The van der Waals surface area contributed by atoms with Crippen LogP contribution in [0.1, 0.15) is 34.1 Å². The number of carbonyl (C=O) groups is 4. The minimum Gasteiger partial charge on any atom is -0.454 e. The molecule has 6 nitrogen and oxygen atoms in total. The fourth-order valence-electron chi connectivity index (χ4n) is 4.39. The molecule has 0 fully saturated rings. The van der Waals surface area contributed by atoms with E-state index < -0.39 is 37.0 Å². The molecule has 0 unspecified atom stereocenters. The summed E-state index contributed by atoms with van der Waals surface area (Å²) in [6, 6.07) is 36.9. The van der Waals surface area contributed by atoms with Crippen molar-refractivity contribution in [2.45, 2.75) is 11.8 Å². The predicted octanol–water partition coefficient (Wildman–Crippen LogP) is 5.43. The van der Waals surface area contributed by atoms with E-state index in [2.05, 4.69) is 0 Å². The largest absolute Gasteiger partial charge is 0.454 e. The van der Waals surface area contributed by atoms with Crippen LogP contribution in [0.15, 0.2) is 133 Å². The number of Topliss-reactive ketones (excluding diaryl/α,β-unsaturated/α-hetero) is 2. The molecule has 0 aliphatic rings. The number of hydrogen-bond donors (Lipinski definition) is 0. The maximum absolute atomic E-state index is 13.0. The molecule has 0 saturated carbocycles. The van der Waals surface area contributed by atoms with Crippen molar-refractivity contribution in [3.63, 3.8) is 0 Å². The number of carbonyl (C=O) groups excluding carboxylic acids is 4. The molecule has 0 aliphatic heterocycles. The zero-order valence-corrected chi connectivity index (χ0v) is 21.7. The maximum Gasteiger partial charge on any atom is 0.331 e. The molecule has 0 aromatic heterocycles. The van der Waals surface area contributed by atoms with Crippen molar-refractivity contribution >= 4 is 23.5 Å². The van der Waals surface area contributed by atoms with E-state index in [9.17, 15) is 19.2 Å². The smallest absolute Gasteiger partial charge is 0.331 e. The van der Waals surface area contributed by atoms with E-state index in [4.69, 9.17) is 9.47 Å². The Labute approximate surface area is 232 Å². The van der Waals surface area contributed by atoms with Crippen LogP contribution in [0, 0.1) is 0 Å². The number of esters is 2. The molecule has 0 bridgehead atoms. The Balaban J connectivity index is 1.32. The third-order valence-electron chi connectivity index (χ3n) is 6.24. The zero-order valence-electron chi connectivity index (χ0n) is 21.7. The van der Waals surface area contributed by atoms with Gasteiger partial charge in [0.15, 0.2) is 24.8 Å². The quantitative estimate of drug-likeness (QED) is 0.179. The van der Waals surface area contributed by atoms with Gasteiger partial charge in [-0.3, -0.25) is 9.59 Å². The minimum atomic E-state index is -0.872. The first-order chi connectivity index (χ1) is 19.5. The Morgan fingerprint density at radius 2 is 0.700 bits per heavy atom. The van der Waals surface area contributed by atoms with E-state index in [1.165, 1.54) is 0 Å². The van der Waals surface area contributed by atoms with Crippen LogP contribution < -0.4 is 0 Å². The molecule has 0 spiro atoms. The summed E-state index contributed by atoms with van der Waals surface area (Å²) in [6.07, 6.45) is 1.76. The summed E-state index contributed by atoms with van der Waals surface area (Å²) in [5.74, 6) is -3.55.